The summed E-state index contributed by atoms with van der Waals surface area (Å²) in [6.07, 6.45) is 0. The fourth-order valence-electron chi connectivity index (χ4n) is 1.40. The summed E-state index contributed by atoms with van der Waals surface area (Å²) in [6.45, 7) is 0. The van der Waals surface area contributed by atoms with Crippen molar-refractivity contribution in [2.75, 3.05) is 5.48 Å². The molecule has 0 aliphatic rings. The molecule has 0 atom stereocenters. The topological polar surface area (TPSA) is 132 Å². The van der Waals surface area contributed by atoms with Crippen LogP contribution in [0.15, 0.2) is 28.8 Å². The lowest BCUT2D eigenvalue weighted by Gasteiger charge is -1.97. The summed E-state index contributed by atoms with van der Waals surface area (Å²) in [4.78, 5) is 20.4. The number of nitrogens with zero attached hydrogens (tertiary/aromatic N) is 2. The maximum absolute atomic E-state index is 10.5. The number of non-ortho nitro benzene ring substituents is 1. The molecule has 0 aliphatic carbocycles. The number of nitro groups is 1. The number of rotatable bonds is 4. The fourth-order valence-corrected chi connectivity index (χ4v) is 1.40. The minimum Gasteiger partial charge on any atom is -0.291 e. The summed E-state index contributed by atoms with van der Waals surface area (Å²) < 4.78 is 4.64. The molecule has 0 bridgehead atoms. The van der Waals surface area contributed by atoms with E-state index < -0.39 is 4.92 Å². The standard InChI is InChI=1S/C9H6N4O5/c14-10-8-7(12-18-9(8)11-15)5-1-3-6(4-2-5)13(16)17/h1-4,10,14H/p+1. The van der Waals surface area contributed by atoms with Crippen molar-refractivity contribution in [1.29, 1.82) is 0 Å². The minimum atomic E-state index is -0.539. The largest absolute Gasteiger partial charge is 0.467 e. The van der Waals surface area contributed by atoms with Crippen molar-refractivity contribution >= 4 is 17.3 Å². The Kier molecular flexibility index (Phi) is 2.98. The summed E-state index contributed by atoms with van der Waals surface area (Å²) in [6, 6.07) is 5.39. The third kappa shape index (κ3) is 1.89. The van der Waals surface area contributed by atoms with Gasteiger partial charge in [-0.1, -0.05) is 5.16 Å². The summed E-state index contributed by atoms with van der Waals surface area (Å²) >= 11 is 0. The molecule has 0 fully saturated rings. The van der Waals surface area contributed by atoms with E-state index in [2.05, 4.69) is 9.68 Å². The van der Waals surface area contributed by atoms with Crippen LogP contribution in [-0.4, -0.2) is 15.3 Å². The number of hydrogen-bond acceptors (Lipinski definition) is 7. The molecule has 18 heavy (non-hydrogen) atoms. The highest BCUT2D eigenvalue weighted by atomic mass is 16.6. The van der Waals surface area contributed by atoms with Gasteiger partial charge in [-0.05, 0) is 12.1 Å². The summed E-state index contributed by atoms with van der Waals surface area (Å²) in [5, 5.41) is 24.4. The predicted octanol–water partition coefficient (Wildman–Crippen LogP) is 0.529. The SMILES string of the molecule is O=[NH+]c1onc(-c2ccc([N+](=O)[O-])cc2)c1NO. The van der Waals surface area contributed by atoms with Gasteiger partial charge in [-0.2, -0.15) is 0 Å². The van der Waals surface area contributed by atoms with Crippen molar-refractivity contribution in [3.63, 3.8) is 0 Å². The van der Waals surface area contributed by atoms with Gasteiger partial charge in [0.15, 0.2) is 0 Å². The summed E-state index contributed by atoms with van der Waals surface area (Å²) in [5.41, 5.74) is 2.26. The summed E-state index contributed by atoms with van der Waals surface area (Å²) in [7, 11) is 0. The van der Waals surface area contributed by atoms with Crippen LogP contribution in [-0.2, 0) is 0 Å². The first-order chi connectivity index (χ1) is 8.67. The van der Waals surface area contributed by atoms with Gasteiger partial charge >= 0.3 is 5.88 Å². The average molecular weight is 251 g/mol. The maximum atomic E-state index is 10.5. The van der Waals surface area contributed by atoms with E-state index in [-0.39, 0.29) is 23.0 Å². The van der Waals surface area contributed by atoms with Crippen molar-refractivity contribution in [1.82, 2.24) is 5.16 Å². The zero-order valence-corrected chi connectivity index (χ0v) is 8.78. The molecule has 0 amide bonds. The number of hydrogen-bond donors (Lipinski definition) is 3. The van der Waals surface area contributed by atoms with E-state index in [9.17, 15) is 15.0 Å². The van der Waals surface area contributed by atoms with Crippen LogP contribution in [0.5, 0.6) is 0 Å². The van der Waals surface area contributed by atoms with E-state index in [4.69, 9.17) is 5.21 Å². The molecule has 1 aromatic carbocycles. The van der Waals surface area contributed by atoms with Gasteiger partial charge in [-0.15, -0.1) is 0 Å². The smallest absolute Gasteiger partial charge is 0.291 e. The Morgan fingerprint density at radius 1 is 1.39 bits per heavy atom. The third-order valence-electron chi connectivity index (χ3n) is 2.25. The van der Waals surface area contributed by atoms with Gasteiger partial charge in [0.25, 0.3) is 5.69 Å². The normalized spacial score (nSPS) is 10.1. The molecular weight excluding hydrogens is 244 g/mol. The molecule has 92 valence electrons. The second-order valence-corrected chi connectivity index (χ2v) is 3.25. The molecule has 0 unspecified atom stereocenters. The minimum absolute atomic E-state index is 0.0427. The van der Waals surface area contributed by atoms with Crippen LogP contribution in [0.1, 0.15) is 0 Å². The van der Waals surface area contributed by atoms with Gasteiger partial charge < -0.3 is 0 Å². The van der Waals surface area contributed by atoms with E-state index >= 15 is 0 Å². The van der Waals surface area contributed by atoms with Gasteiger partial charge in [0.05, 0.1) is 10.1 Å². The fraction of sp³-hybridized carbons (Fsp3) is 0. The van der Waals surface area contributed by atoms with Crippen LogP contribution in [0.2, 0.25) is 0 Å². The predicted molar refractivity (Wildman–Crippen MR) is 58.0 cm³/mol. The van der Waals surface area contributed by atoms with Gasteiger partial charge in [0, 0.05) is 22.6 Å². The van der Waals surface area contributed by atoms with E-state index in [0.717, 1.165) is 0 Å². The highest BCUT2D eigenvalue weighted by molar-refractivity contribution is 5.78. The van der Waals surface area contributed by atoms with Gasteiger partial charge in [0.1, 0.15) is 5.69 Å². The highest BCUT2D eigenvalue weighted by Crippen LogP contribution is 2.31. The average Bonchev–Trinajstić information content (AvgIpc) is 2.81. The molecule has 0 saturated heterocycles. The molecule has 1 heterocycles. The van der Waals surface area contributed by atoms with Crippen molar-refractivity contribution in [3.05, 3.63) is 39.3 Å². The van der Waals surface area contributed by atoms with E-state index in [1.807, 2.05) is 0 Å². The summed E-state index contributed by atoms with van der Waals surface area (Å²) in [5.74, 6) is -0.286. The number of aromatic nitrogens is 1. The Balaban J connectivity index is 2.45. The first-order valence-corrected chi connectivity index (χ1v) is 4.70. The molecule has 9 heteroatoms. The quantitative estimate of drug-likeness (QED) is 0.533. The number of nitro benzene ring substituents is 1. The second kappa shape index (κ2) is 4.59. The van der Waals surface area contributed by atoms with Crippen LogP contribution in [0.25, 0.3) is 11.3 Å². The first-order valence-electron chi connectivity index (χ1n) is 4.70. The molecule has 1 aromatic heterocycles. The maximum Gasteiger partial charge on any atom is 0.467 e. The van der Waals surface area contributed by atoms with Crippen LogP contribution in [0.4, 0.5) is 17.3 Å². The third-order valence-corrected chi connectivity index (χ3v) is 2.25. The molecule has 2 aromatic rings. The molecule has 9 nitrogen and oxygen atoms in total. The zero-order chi connectivity index (χ0) is 13.1. The Bertz CT molecular complexity index is 592. The van der Waals surface area contributed by atoms with E-state index in [0.29, 0.717) is 5.56 Å². The molecule has 0 radical (unpaired) electrons. The Morgan fingerprint density at radius 3 is 2.56 bits per heavy atom. The van der Waals surface area contributed by atoms with Gasteiger partial charge in [0.2, 0.25) is 5.69 Å². The van der Waals surface area contributed by atoms with E-state index in [1.54, 1.807) is 5.48 Å². The van der Waals surface area contributed by atoms with Crippen LogP contribution >= 0.6 is 0 Å². The Labute approximate surface area is 99.1 Å². The lowest BCUT2D eigenvalue weighted by molar-refractivity contribution is -0.399. The van der Waals surface area contributed by atoms with Crippen molar-refractivity contribution in [2.24, 2.45) is 0 Å². The molecule has 0 spiro atoms. The van der Waals surface area contributed by atoms with Crippen molar-refractivity contribution < 1.29 is 19.8 Å². The second-order valence-electron chi connectivity index (χ2n) is 3.25. The lowest BCUT2D eigenvalue weighted by atomic mass is 10.1. The van der Waals surface area contributed by atoms with Crippen LogP contribution in [0, 0.1) is 15.0 Å². The zero-order valence-electron chi connectivity index (χ0n) is 8.78. The number of benzene rings is 1. The monoisotopic (exact) mass is 251 g/mol. The first kappa shape index (κ1) is 11.7. The van der Waals surface area contributed by atoms with Crippen molar-refractivity contribution in [3.8, 4) is 11.3 Å². The number of nitrogens with one attached hydrogen (secondary N) is 2. The van der Waals surface area contributed by atoms with E-state index in [1.165, 1.54) is 29.4 Å². The Hall–Kier alpha value is -2.81. The lowest BCUT2D eigenvalue weighted by Crippen LogP contribution is -2.55. The molecular formula is C9H7N4O5+. The molecule has 3 N–H and O–H groups in total. The molecule has 0 saturated carbocycles. The number of anilines is 1. The van der Waals surface area contributed by atoms with Crippen LogP contribution < -0.4 is 10.7 Å². The van der Waals surface area contributed by atoms with Crippen LogP contribution in [0.3, 0.4) is 0 Å². The molecule has 2 rings (SSSR count). The molecule has 0 aliphatic heterocycles. The van der Waals surface area contributed by atoms with Crippen molar-refractivity contribution in [2.45, 2.75) is 0 Å². The van der Waals surface area contributed by atoms with Gasteiger partial charge in [-0.3, -0.25) is 25.3 Å². The number of nitroso groups, excluding NO2 is 1. The Morgan fingerprint density at radius 2 is 2.06 bits per heavy atom. The van der Waals surface area contributed by atoms with Gasteiger partial charge in [-0.25, -0.2) is 0 Å². The highest BCUT2D eigenvalue weighted by Gasteiger charge is 2.23.